The first kappa shape index (κ1) is 48.0. The summed E-state index contributed by atoms with van der Waals surface area (Å²) >= 11 is 6.67. The van der Waals surface area contributed by atoms with Gasteiger partial charge in [0, 0.05) is 23.8 Å². The van der Waals surface area contributed by atoms with Crippen LogP contribution in [-0.2, 0) is 9.84 Å². The Labute approximate surface area is 405 Å². The number of nitro groups is 1. The van der Waals surface area contributed by atoms with Gasteiger partial charge in [0.1, 0.15) is 22.7 Å². The molecule has 19 nitrogen and oxygen atoms in total. The second-order valence-corrected chi connectivity index (χ2v) is 19.1. The van der Waals surface area contributed by atoms with Crippen molar-refractivity contribution in [1.29, 1.82) is 0 Å². The predicted molar refractivity (Wildman–Crippen MR) is 268 cm³/mol. The minimum absolute atomic E-state index is 0.0698. The van der Waals surface area contributed by atoms with E-state index in [0.29, 0.717) is 89.2 Å². The van der Waals surface area contributed by atoms with E-state index in [-0.39, 0.29) is 55.7 Å². The summed E-state index contributed by atoms with van der Waals surface area (Å²) in [6.07, 6.45) is 1.11. The van der Waals surface area contributed by atoms with Crippen molar-refractivity contribution >= 4 is 99.9 Å². The monoisotopic (exact) mass is 978 g/mol. The third-order valence-electron chi connectivity index (χ3n) is 11.7. The SMILES string of the molecule is Cc1cc([N+](=O)[O-])ccc1N=Nc1c(C)cc2c(C)cc(N=Nc3ccc4c(O)c(N=Nc5cc(C)c(N=Nc6c(C)nn(-c7ccc(S(C)(=O)=O)cc7)c6O)c(Cl)c5)c(C)cc4c3C)c(N)c2c1O. The summed E-state index contributed by atoms with van der Waals surface area (Å²) in [5, 5.41) is 87.0. The molecule has 0 spiro atoms. The maximum absolute atomic E-state index is 11.9. The lowest BCUT2D eigenvalue weighted by atomic mass is 9.98. The third kappa shape index (κ3) is 9.11. The molecule has 5 N–H and O–H groups in total. The van der Waals surface area contributed by atoms with Crippen LogP contribution in [0.3, 0.4) is 0 Å². The van der Waals surface area contributed by atoms with Crippen LogP contribution in [0.4, 0.5) is 56.9 Å². The predicted octanol–water partition coefficient (Wildman–Crippen LogP) is 14.7. The highest BCUT2D eigenvalue weighted by Crippen LogP contribution is 2.47. The molecular formula is C49H43ClN12O7S. The molecule has 0 atom stereocenters. The van der Waals surface area contributed by atoms with Crippen molar-refractivity contribution in [3.05, 3.63) is 139 Å². The molecule has 8 aromatic rings. The summed E-state index contributed by atoms with van der Waals surface area (Å²) in [5.41, 5.74) is 13.8. The van der Waals surface area contributed by atoms with Crippen molar-refractivity contribution in [1.82, 2.24) is 9.78 Å². The van der Waals surface area contributed by atoms with Gasteiger partial charge in [-0.1, -0.05) is 11.6 Å². The van der Waals surface area contributed by atoms with Crippen LogP contribution in [-0.4, -0.2) is 44.7 Å². The summed E-state index contributed by atoms with van der Waals surface area (Å²) in [5.74, 6) is -0.603. The van der Waals surface area contributed by atoms with E-state index in [9.17, 15) is 33.9 Å². The molecule has 0 amide bonds. The van der Waals surface area contributed by atoms with E-state index >= 15 is 0 Å². The van der Waals surface area contributed by atoms with Gasteiger partial charge in [-0.2, -0.15) is 25.1 Å². The first-order chi connectivity index (χ1) is 33.1. The molecule has 0 radical (unpaired) electrons. The highest BCUT2D eigenvalue weighted by Gasteiger charge is 2.21. The number of nitrogen functional groups attached to an aromatic ring is 1. The molecule has 1 aromatic heterocycles. The standard InChI is InChI=1S/C49H43ClN12O7S/c1-23-21-40(42(51)41-35(23)19-26(4)45(48(41)64)58-53-38-15-11-32(62(66)67)18-24(38)2)55-54-39-16-14-34-36(28(39)6)20-27(5)44(47(34)63)57-52-30-17-25(3)43(37(50)22-30)56-59-46-29(7)60-61(49(46)65)31-9-12-33(13-10-31)70(8,68)69/h9-22,63-65H,51H2,1-8H3. The minimum atomic E-state index is -3.41. The fourth-order valence-electron chi connectivity index (χ4n) is 7.84. The van der Waals surface area contributed by atoms with Gasteiger partial charge in [-0.05, 0) is 165 Å². The zero-order chi connectivity index (χ0) is 50.5. The number of anilines is 1. The molecule has 70 heavy (non-hydrogen) atoms. The number of sulfone groups is 1. The number of azo groups is 4. The Kier molecular flexibility index (Phi) is 12.7. The first-order valence-corrected chi connectivity index (χ1v) is 23.5. The van der Waals surface area contributed by atoms with Gasteiger partial charge >= 0.3 is 0 Å². The Balaban J connectivity index is 1.03. The summed E-state index contributed by atoms with van der Waals surface area (Å²) in [6.45, 7) is 12.4. The topological polar surface area (TPSA) is 281 Å². The van der Waals surface area contributed by atoms with E-state index in [0.717, 1.165) is 11.8 Å². The van der Waals surface area contributed by atoms with E-state index in [1.807, 2.05) is 26.0 Å². The van der Waals surface area contributed by atoms with Gasteiger partial charge in [0.2, 0.25) is 5.88 Å². The molecule has 0 fully saturated rings. The van der Waals surface area contributed by atoms with E-state index in [1.165, 1.54) is 47.1 Å². The fraction of sp³-hybridized carbons (Fsp3) is 0.163. The molecule has 0 aliphatic carbocycles. The van der Waals surface area contributed by atoms with Crippen LogP contribution < -0.4 is 5.73 Å². The Morgan fingerprint density at radius 2 is 1.20 bits per heavy atom. The molecule has 0 unspecified atom stereocenters. The van der Waals surface area contributed by atoms with Gasteiger partial charge in [-0.25, -0.2) is 8.42 Å². The number of hydrogen-bond acceptors (Lipinski definition) is 17. The van der Waals surface area contributed by atoms with Crippen molar-refractivity contribution in [2.24, 2.45) is 40.9 Å². The van der Waals surface area contributed by atoms with Crippen molar-refractivity contribution in [3.63, 3.8) is 0 Å². The molecule has 21 heteroatoms. The number of nitro benzene ring substituents is 1. The Morgan fingerprint density at radius 1 is 0.614 bits per heavy atom. The quantitative estimate of drug-likeness (QED) is 0.0414. The largest absolute Gasteiger partial charge is 0.505 e. The summed E-state index contributed by atoms with van der Waals surface area (Å²) in [6, 6.07) is 22.2. The highest BCUT2D eigenvalue weighted by molar-refractivity contribution is 7.90. The third-order valence-corrected chi connectivity index (χ3v) is 13.1. The number of benzene rings is 7. The van der Waals surface area contributed by atoms with E-state index in [4.69, 9.17) is 17.3 Å². The lowest BCUT2D eigenvalue weighted by Gasteiger charge is -2.14. The summed E-state index contributed by atoms with van der Waals surface area (Å²) < 4.78 is 25.0. The average molecular weight is 979 g/mol. The van der Waals surface area contributed by atoms with Crippen LogP contribution in [0.2, 0.25) is 5.02 Å². The number of aromatic hydroxyl groups is 3. The number of halogens is 1. The minimum Gasteiger partial charge on any atom is -0.505 e. The van der Waals surface area contributed by atoms with Crippen LogP contribution in [0.15, 0.2) is 131 Å². The zero-order valence-corrected chi connectivity index (χ0v) is 40.4. The van der Waals surface area contributed by atoms with Gasteiger partial charge in [-0.3, -0.25) is 10.1 Å². The fourth-order valence-corrected chi connectivity index (χ4v) is 8.77. The summed E-state index contributed by atoms with van der Waals surface area (Å²) in [4.78, 5) is 10.8. The van der Waals surface area contributed by atoms with Crippen molar-refractivity contribution < 1.29 is 28.7 Å². The van der Waals surface area contributed by atoms with E-state index in [2.05, 4.69) is 46.0 Å². The molecule has 0 aliphatic heterocycles. The van der Waals surface area contributed by atoms with Gasteiger partial charge in [0.15, 0.2) is 27.0 Å². The first-order valence-electron chi connectivity index (χ1n) is 21.2. The van der Waals surface area contributed by atoms with Crippen molar-refractivity contribution in [2.75, 3.05) is 12.0 Å². The molecular weight excluding hydrogens is 936 g/mol. The number of rotatable bonds is 11. The van der Waals surface area contributed by atoms with Crippen LogP contribution in [0.25, 0.3) is 27.2 Å². The number of phenols is 2. The summed E-state index contributed by atoms with van der Waals surface area (Å²) in [7, 11) is -3.41. The van der Waals surface area contributed by atoms with Crippen LogP contribution in [0.1, 0.15) is 39.1 Å². The number of aromatic nitrogens is 2. The molecule has 354 valence electrons. The smallest absolute Gasteiger partial charge is 0.269 e. The molecule has 0 aliphatic rings. The van der Waals surface area contributed by atoms with Crippen LogP contribution in [0, 0.1) is 58.6 Å². The van der Waals surface area contributed by atoms with E-state index < -0.39 is 14.8 Å². The molecule has 8 rings (SSSR count). The van der Waals surface area contributed by atoms with Gasteiger partial charge in [-0.15, -0.1) is 25.6 Å². The molecule has 0 saturated heterocycles. The Morgan fingerprint density at radius 3 is 1.86 bits per heavy atom. The molecule has 7 aromatic carbocycles. The van der Waals surface area contributed by atoms with E-state index in [1.54, 1.807) is 65.0 Å². The number of nitrogens with zero attached hydrogens (tertiary/aromatic N) is 11. The number of non-ortho nitro benzene ring substituents is 1. The number of phenolic OH excluding ortho intramolecular Hbond substituents is 2. The van der Waals surface area contributed by atoms with Crippen molar-refractivity contribution in [2.45, 2.75) is 53.4 Å². The van der Waals surface area contributed by atoms with Crippen LogP contribution >= 0.6 is 11.6 Å². The average Bonchev–Trinajstić information content (AvgIpc) is 3.58. The normalized spacial score (nSPS) is 12.3. The van der Waals surface area contributed by atoms with Gasteiger partial charge in [0.25, 0.3) is 5.69 Å². The Hall–Kier alpha value is -8.49. The lowest BCUT2D eigenvalue weighted by molar-refractivity contribution is -0.384. The van der Waals surface area contributed by atoms with Gasteiger partial charge in [0.05, 0.1) is 54.4 Å². The molecule has 0 bridgehead atoms. The maximum atomic E-state index is 11.9. The Bertz CT molecular complexity index is 3730. The second-order valence-electron chi connectivity index (χ2n) is 16.7. The maximum Gasteiger partial charge on any atom is 0.269 e. The van der Waals surface area contributed by atoms with Crippen molar-refractivity contribution in [3.8, 4) is 23.1 Å². The number of nitrogens with two attached hydrogens (primary N) is 1. The molecule has 0 saturated carbocycles. The number of aryl methyl sites for hydroxylation is 7. The van der Waals surface area contributed by atoms with Gasteiger partial charge < -0.3 is 21.1 Å². The highest BCUT2D eigenvalue weighted by atomic mass is 35.5. The number of hydrogen-bond donors (Lipinski definition) is 4. The molecule has 1 heterocycles. The lowest BCUT2D eigenvalue weighted by Crippen LogP contribution is -1.99. The number of fused-ring (bicyclic) bond motifs is 2. The van der Waals surface area contributed by atoms with Crippen LogP contribution in [0.5, 0.6) is 17.4 Å². The second kappa shape index (κ2) is 18.5. The zero-order valence-electron chi connectivity index (χ0n) is 38.8.